The standard InChI is InChI=1S/C15H12F2O3/c1-9-3-2-4-12(15(18)19)14(9)20-8-10-5-6-11(16)7-13(10)17/h2-7H,8H2,1H3,(H,18,19). The summed E-state index contributed by atoms with van der Waals surface area (Å²) < 4.78 is 31.7. The maximum atomic E-state index is 13.5. The van der Waals surface area contributed by atoms with E-state index in [-0.39, 0.29) is 23.5 Å². The van der Waals surface area contributed by atoms with Crippen molar-refractivity contribution < 1.29 is 23.4 Å². The molecule has 20 heavy (non-hydrogen) atoms. The smallest absolute Gasteiger partial charge is 0.339 e. The van der Waals surface area contributed by atoms with Crippen molar-refractivity contribution in [2.75, 3.05) is 0 Å². The van der Waals surface area contributed by atoms with Crippen molar-refractivity contribution in [1.29, 1.82) is 0 Å². The van der Waals surface area contributed by atoms with Gasteiger partial charge in [-0.2, -0.15) is 0 Å². The molecule has 104 valence electrons. The minimum Gasteiger partial charge on any atom is -0.488 e. The van der Waals surface area contributed by atoms with Gasteiger partial charge in [0.15, 0.2) is 0 Å². The van der Waals surface area contributed by atoms with Crippen LogP contribution in [0, 0.1) is 18.6 Å². The third-order valence-electron chi connectivity index (χ3n) is 2.83. The van der Waals surface area contributed by atoms with Crippen LogP contribution in [-0.4, -0.2) is 11.1 Å². The molecule has 0 aromatic heterocycles. The van der Waals surface area contributed by atoms with Crippen LogP contribution in [0.2, 0.25) is 0 Å². The molecular formula is C15H12F2O3. The highest BCUT2D eigenvalue weighted by Gasteiger charge is 2.14. The summed E-state index contributed by atoms with van der Waals surface area (Å²) in [5.41, 5.74) is 0.797. The molecule has 2 aromatic rings. The summed E-state index contributed by atoms with van der Waals surface area (Å²) in [6, 6.07) is 7.86. The predicted octanol–water partition coefficient (Wildman–Crippen LogP) is 3.55. The van der Waals surface area contributed by atoms with Crippen LogP contribution in [0.3, 0.4) is 0 Å². The molecule has 0 saturated carbocycles. The summed E-state index contributed by atoms with van der Waals surface area (Å²) in [5.74, 6) is -2.34. The van der Waals surface area contributed by atoms with E-state index in [0.29, 0.717) is 5.56 Å². The van der Waals surface area contributed by atoms with Gasteiger partial charge < -0.3 is 9.84 Å². The van der Waals surface area contributed by atoms with Gasteiger partial charge in [-0.25, -0.2) is 13.6 Å². The van der Waals surface area contributed by atoms with Gasteiger partial charge in [0.2, 0.25) is 0 Å². The molecule has 3 nitrogen and oxygen atoms in total. The number of halogens is 2. The van der Waals surface area contributed by atoms with E-state index in [2.05, 4.69) is 0 Å². The molecule has 5 heteroatoms. The van der Waals surface area contributed by atoms with Gasteiger partial charge in [-0.05, 0) is 30.7 Å². The number of rotatable bonds is 4. The van der Waals surface area contributed by atoms with Gasteiger partial charge >= 0.3 is 5.97 Å². The van der Waals surface area contributed by atoms with E-state index in [0.717, 1.165) is 12.1 Å². The fraction of sp³-hybridized carbons (Fsp3) is 0.133. The van der Waals surface area contributed by atoms with Crippen molar-refractivity contribution in [2.45, 2.75) is 13.5 Å². The Hall–Kier alpha value is -2.43. The Labute approximate surface area is 114 Å². The number of carbonyl (C=O) groups is 1. The van der Waals surface area contributed by atoms with Crippen LogP contribution in [-0.2, 0) is 6.61 Å². The monoisotopic (exact) mass is 278 g/mol. The molecule has 0 radical (unpaired) electrons. The summed E-state index contributed by atoms with van der Waals surface area (Å²) in [5, 5.41) is 9.07. The Morgan fingerprint density at radius 3 is 2.65 bits per heavy atom. The predicted molar refractivity (Wildman–Crippen MR) is 68.8 cm³/mol. The lowest BCUT2D eigenvalue weighted by Gasteiger charge is -2.12. The normalized spacial score (nSPS) is 10.3. The van der Waals surface area contributed by atoms with Gasteiger partial charge in [0.25, 0.3) is 0 Å². The number of hydrogen-bond acceptors (Lipinski definition) is 2. The Bertz CT molecular complexity index is 654. The number of aryl methyl sites for hydroxylation is 1. The Balaban J connectivity index is 2.25. The molecule has 0 heterocycles. The van der Waals surface area contributed by atoms with Crippen LogP contribution in [0.1, 0.15) is 21.5 Å². The van der Waals surface area contributed by atoms with E-state index in [1.807, 2.05) is 0 Å². The SMILES string of the molecule is Cc1cccc(C(=O)O)c1OCc1ccc(F)cc1F. The van der Waals surface area contributed by atoms with Crippen LogP contribution < -0.4 is 4.74 Å². The lowest BCUT2D eigenvalue weighted by molar-refractivity contribution is 0.0691. The van der Waals surface area contributed by atoms with E-state index in [1.54, 1.807) is 19.1 Å². The zero-order valence-electron chi connectivity index (χ0n) is 10.7. The second kappa shape index (κ2) is 5.69. The largest absolute Gasteiger partial charge is 0.488 e. The highest BCUT2D eigenvalue weighted by Crippen LogP contribution is 2.25. The van der Waals surface area contributed by atoms with Crippen LogP contribution in [0.5, 0.6) is 5.75 Å². The van der Waals surface area contributed by atoms with Crippen molar-refractivity contribution in [3.8, 4) is 5.75 Å². The van der Waals surface area contributed by atoms with Gasteiger partial charge in [0.05, 0.1) is 0 Å². The van der Waals surface area contributed by atoms with E-state index in [9.17, 15) is 13.6 Å². The topological polar surface area (TPSA) is 46.5 Å². The lowest BCUT2D eigenvalue weighted by atomic mass is 10.1. The van der Waals surface area contributed by atoms with Crippen molar-refractivity contribution in [3.05, 3.63) is 64.7 Å². The Kier molecular flexibility index (Phi) is 3.98. The Morgan fingerprint density at radius 1 is 1.25 bits per heavy atom. The first kappa shape index (κ1) is 14.0. The number of para-hydroxylation sites is 1. The quantitative estimate of drug-likeness (QED) is 0.930. The van der Waals surface area contributed by atoms with Crippen molar-refractivity contribution >= 4 is 5.97 Å². The van der Waals surface area contributed by atoms with Crippen molar-refractivity contribution in [3.63, 3.8) is 0 Å². The number of carboxylic acids is 1. The van der Waals surface area contributed by atoms with Gasteiger partial charge in [0.1, 0.15) is 29.6 Å². The number of benzene rings is 2. The lowest BCUT2D eigenvalue weighted by Crippen LogP contribution is -2.06. The summed E-state index contributed by atoms with van der Waals surface area (Å²) in [4.78, 5) is 11.1. The van der Waals surface area contributed by atoms with Crippen molar-refractivity contribution in [2.24, 2.45) is 0 Å². The van der Waals surface area contributed by atoms with Gasteiger partial charge in [0, 0.05) is 11.6 Å². The Morgan fingerprint density at radius 2 is 2.00 bits per heavy atom. The second-order valence-electron chi connectivity index (χ2n) is 4.28. The van der Waals surface area contributed by atoms with Crippen LogP contribution in [0.4, 0.5) is 8.78 Å². The molecule has 0 bridgehead atoms. The molecule has 1 N–H and O–H groups in total. The zero-order valence-corrected chi connectivity index (χ0v) is 10.7. The fourth-order valence-corrected chi connectivity index (χ4v) is 1.80. The average Bonchev–Trinajstić information content (AvgIpc) is 2.38. The van der Waals surface area contributed by atoms with E-state index in [1.165, 1.54) is 12.1 Å². The number of aromatic carboxylic acids is 1. The molecular weight excluding hydrogens is 266 g/mol. The van der Waals surface area contributed by atoms with Crippen LogP contribution in [0.15, 0.2) is 36.4 Å². The second-order valence-corrected chi connectivity index (χ2v) is 4.28. The summed E-state index contributed by atoms with van der Waals surface area (Å²) in [6.07, 6.45) is 0. The zero-order chi connectivity index (χ0) is 14.7. The molecule has 0 aliphatic heterocycles. The first-order chi connectivity index (χ1) is 9.49. The fourth-order valence-electron chi connectivity index (χ4n) is 1.80. The van der Waals surface area contributed by atoms with Crippen LogP contribution >= 0.6 is 0 Å². The first-order valence-corrected chi connectivity index (χ1v) is 5.88. The molecule has 2 rings (SSSR count). The molecule has 0 saturated heterocycles. The average molecular weight is 278 g/mol. The van der Waals surface area contributed by atoms with Crippen LogP contribution in [0.25, 0.3) is 0 Å². The number of hydrogen-bond donors (Lipinski definition) is 1. The third-order valence-corrected chi connectivity index (χ3v) is 2.83. The van der Waals surface area contributed by atoms with E-state index in [4.69, 9.17) is 9.84 Å². The summed E-state index contributed by atoms with van der Waals surface area (Å²) in [7, 11) is 0. The highest BCUT2D eigenvalue weighted by molar-refractivity contribution is 5.91. The molecule has 0 unspecified atom stereocenters. The third kappa shape index (κ3) is 2.93. The van der Waals surface area contributed by atoms with Gasteiger partial charge in [-0.15, -0.1) is 0 Å². The molecule has 0 spiro atoms. The molecule has 2 aromatic carbocycles. The van der Waals surface area contributed by atoms with E-state index >= 15 is 0 Å². The summed E-state index contributed by atoms with van der Waals surface area (Å²) >= 11 is 0. The number of carboxylic acid groups (broad SMARTS) is 1. The summed E-state index contributed by atoms with van der Waals surface area (Å²) in [6.45, 7) is 1.53. The molecule has 0 aliphatic rings. The maximum absolute atomic E-state index is 13.5. The minimum absolute atomic E-state index is 0.00696. The first-order valence-electron chi connectivity index (χ1n) is 5.88. The minimum atomic E-state index is -1.12. The maximum Gasteiger partial charge on any atom is 0.339 e. The molecule has 0 fully saturated rings. The van der Waals surface area contributed by atoms with Crippen molar-refractivity contribution in [1.82, 2.24) is 0 Å². The molecule has 0 amide bonds. The molecule has 0 atom stereocenters. The highest BCUT2D eigenvalue weighted by atomic mass is 19.1. The number of ether oxygens (including phenoxy) is 1. The van der Waals surface area contributed by atoms with Gasteiger partial charge in [-0.3, -0.25) is 0 Å². The molecule has 0 aliphatic carbocycles. The van der Waals surface area contributed by atoms with Gasteiger partial charge in [-0.1, -0.05) is 12.1 Å². The van der Waals surface area contributed by atoms with E-state index < -0.39 is 17.6 Å².